The van der Waals surface area contributed by atoms with E-state index in [1.165, 1.54) is 24.3 Å². The predicted molar refractivity (Wildman–Crippen MR) is 129 cm³/mol. The van der Waals surface area contributed by atoms with Crippen molar-refractivity contribution in [3.8, 4) is 11.5 Å². The molecular weight excluding hydrogens is 433 g/mol. The minimum atomic E-state index is -0.436. The monoisotopic (exact) mass is 451 g/mol. The van der Waals surface area contributed by atoms with Crippen LogP contribution in [0, 0.1) is 5.82 Å². The lowest BCUT2D eigenvalue weighted by Crippen LogP contribution is -2.46. The van der Waals surface area contributed by atoms with Gasteiger partial charge in [-0.3, -0.25) is 14.6 Å². The van der Waals surface area contributed by atoms with E-state index in [0.29, 0.717) is 17.1 Å². The molecule has 34 heavy (non-hydrogen) atoms. The number of fused-ring (bicyclic) bond motifs is 1. The third-order valence-electron chi connectivity index (χ3n) is 5.18. The molecule has 6 nitrogen and oxygen atoms in total. The molecule has 5 aromatic rings. The zero-order valence-corrected chi connectivity index (χ0v) is 17.8. The molecule has 0 aliphatic rings. The van der Waals surface area contributed by atoms with E-state index in [1.54, 1.807) is 42.6 Å². The first-order chi connectivity index (χ1) is 16.5. The van der Waals surface area contributed by atoms with Gasteiger partial charge in [0.25, 0.3) is 11.1 Å². The highest BCUT2D eigenvalue weighted by Crippen LogP contribution is 2.22. The summed E-state index contributed by atoms with van der Waals surface area (Å²) in [6.07, 6.45) is 4.89. The lowest BCUT2D eigenvalue weighted by molar-refractivity contribution is 0.480. The van der Waals surface area contributed by atoms with Crippen molar-refractivity contribution in [1.29, 1.82) is 0 Å². The Morgan fingerprint density at radius 2 is 1.50 bits per heavy atom. The standard InChI is InChI=1S/C27H18FN3O3/c28-19-9-11-20(12-10-19)34-21-6-1-4-17(14-21)15-24-26(32)31-25(27(33)30-24)16-18-5-2-8-23-22(18)7-3-13-29-23/h1-16H,(H,30,33)(H,31,32)/b24-15-,25-16-. The van der Waals surface area contributed by atoms with Crippen molar-refractivity contribution in [3.63, 3.8) is 0 Å². The summed E-state index contributed by atoms with van der Waals surface area (Å²) in [4.78, 5) is 35.0. The Bertz CT molecular complexity index is 1730. The maximum atomic E-state index is 13.1. The molecule has 2 aromatic heterocycles. The van der Waals surface area contributed by atoms with Gasteiger partial charge in [0.15, 0.2) is 0 Å². The molecular formula is C27H18FN3O3. The SMILES string of the molecule is O=c1[nH]/c(=C\c2cccc3ncccc23)c(=O)[nH]/c1=C\c1cccc(Oc2ccc(F)cc2)c1. The third kappa shape index (κ3) is 4.54. The Balaban J connectivity index is 1.51. The van der Waals surface area contributed by atoms with Gasteiger partial charge in [-0.15, -0.1) is 0 Å². The van der Waals surface area contributed by atoms with E-state index >= 15 is 0 Å². The van der Waals surface area contributed by atoms with Gasteiger partial charge in [0.05, 0.1) is 5.52 Å². The van der Waals surface area contributed by atoms with Crippen LogP contribution in [0.25, 0.3) is 23.1 Å². The minimum absolute atomic E-state index is 0.112. The molecule has 7 heteroatoms. The van der Waals surface area contributed by atoms with E-state index in [0.717, 1.165) is 16.5 Å². The summed E-state index contributed by atoms with van der Waals surface area (Å²) in [5.74, 6) is 0.636. The zero-order chi connectivity index (χ0) is 23.5. The van der Waals surface area contributed by atoms with Crippen molar-refractivity contribution in [3.05, 3.63) is 133 Å². The van der Waals surface area contributed by atoms with Gasteiger partial charge in [-0.05, 0) is 71.8 Å². The second-order valence-corrected chi connectivity index (χ2v) is 7.57. The van der Waals surface area contributed by atoms with E-state index in [1.807, 2.05) is 30.3 Å². The summed E-state index contributed by atoms with van der Waals surface area (Å²) in [5.41, 5.74) is 1.36. The molecule has 2 N–H and O–H groups in total. The summed E-state index contributed by atoms with van der Waals surface area (Å²) in [6, 6.07) is 22.0. The van der Waals surface area contributed by atoms with Crippen molar-refractivity contribution >= 4 is 23.1 Å². The first-order valence-electron chi connectivity index (χ1n) is 10.5. The summed E-state index contributed by atoms with van der Waals surface area (Å²) < 4.78 is 18.8. The maximum absolute atomic E-state index is 13.1. The van der Waals surface area contributed by atoms with E-state index in [9.17, 15) is 14.0 Å². The van der Waals surface area contributed by atoms with Crippen LogP contribution in [0.2, 0.25) is 0 Å². The van der Waals surface area contributed by atoms with E-state index in [-0.39, 0.29) is 16.5 Å². The zero-order valence-electron chi connectivity index (χ0n) is 17.8. The van der Waals surface area contributed by atoms with E-state index in [4.69, 9.17) is 4.74 Å². The fourth-order valence-corrected chi connectivity index (χ4v) is 3.58. The number of ether oxygens (including phenoxy) is 1. The van der Waals surface area contributed by atoms with Crippen molar-refractivity contribution in [1.82, 2.24) is 15.0 Å². The molecule has 0 saturated carbocycles. The molecule has 3 aromatic carbocycles. The summed E-state index contributed by atoms with van der Waals surface area (Å²) in [6.45, 7) is 0. The Morgan fingerprint density at radius 3 is 2.29 bits per heavy atom. The highest BCUT2D eigenvalue weighted by atomic mass is 19.1. The molecule has 0 saturated heterocycles. The van der Waals surface area contributed by atoms with Crippen molar-refractivity contribution in [2.24, 2.45) is 0 Å². The number of hydrogen-bond donors (Lipinski definition) is 2. The largest absolute Gasteiger partial charge is 0.457 e. The van der Waals surface area contributed by atoms with E-state index < -0.39 is 11.1 Å². The number of rotatable bonds is 4. The number of aromatic nitrogens is 3. The van der Waals surface area contributed by atoms with Gasteiger partial charge < -0.3 is 14.7 Å². The highest BCUT2D eigenvalue weighted by Gasteiger charge is 2.02. The van der Waals surface area contributed by atoms with Gasteiger partial charge in [0.1, 0.15) is 28.0 Å². The number of aromatic amines is 2. The van der Waals surface area contributed by atoms with Gasteiger partial charge in [-0.2, -0.15) is 0 Å². The Kier molecular flexibility index (Phi) is 5.58. The van der Waals surface area contributed by atoms with Crippen LogP contribution in [0.5, 0.6) is 11.5 Å². The van der Waals surface area contributed by atoms with Gasteiger partial charge >= 0.3 is 0 Å². The van der Waals surface area contributed by atoms with Crippen LogP contribution in [0.3, 0.4) is 0 Å². The number of H-pyrrole nitrogens is 2. The predicted octanol–water partition coefficient (Wildman–Crippen LogP) is 3.20. The second-order valence-electron chi connectivity index (χ2n) is 7.57. The van der Waals surface area contributed by atoms with Crippen LogP contribution in [-0.4, -0.2) is 15.0 Å². The Labute approximate surface area is 192 Å². The average molecular weight is 451 g/mol. The number of nitrogens with zero attached hydrogens (tertiary/aromatic N) is 1. The van der Waals surface area contributed by atoms with Crippen LogP contribution in [0.15, 0.2) is 94.6 Å². The normalized spacial score (nSPS) is 12.3. The van der Waals surface area contributed by atoms with Crippen LogP contribution in [-0.2, 0) is 0 Å². The molecule has 2 heterocycles. The molecule has 0 radical (unpaired) electrons. The lowest BCUT2D eigenvalue weighted by atomic mass is 10.1. The van der Waals surface area contributed by atoms with Gasteiger partial charge in [0, 0.05) is 11.6 Å². The molecule has 0 aliphatic heterocycles. The Hall–Kier alpha value is -4.78. The first kappa shape index (κ1) is 21.1. The van der Waals surface area contributed by atoms with Gasteiger partial charge in [-0.1, -0.05) is 30.3 Å². The summed E-state index contributed by atoms with van der Waals surface area (Å²) in [7, 11) is 0. The molecule has 0 bridgehead atoms. The highest BCUT2D eigenvalue weighted by molar-refractivity contribution is 5.87. The van der Waals surface area contributed by atoms with Gasteiger partial charge in [-0.25, -0.2) is 4.39 Å². The smallest absolute Gasteiger partial charge is 0.272 e. The topological polar surface area (TPSA) is 87.8 Å². The Morgan fingerprint density at radius 1 is 0.765 bits per heavy atom. The first-order valence-corrected chi connectivity index (χ1v) is 10.5. The average Bonchev–Trinajstić information content (AvgIpc) is 2.84. The molecule has 0 aliphatic carbocycles. The summed E-state index contributed by atoms with van der Waals surface area (Å²) in [5, 5.41) is 1.13. The lowest BCUT2D eigenvalue weighted by Gasteiger charge is -2.06. The van der Waals surface area contributed by atoms with E-state index in [2.05, 4.69) is 15.0 Å². The fraction of sp³-hybridized carbons (Fsp3) is 0. The maximum Gasteiger partial charge on any atom is 0.272 e. The van der Waals surface area contributed by atoms with Crippen LogP contribution < -0.4 is 26.6 Å². The molecule has 0 unspecified atom stereocenters. The summed E-state index contributed by atoms with van der Waals surface area (Å²) >= 11 is 0. The third-order valence-corrected chi connectivity index (χ3v) is 5.18. The number of pyridine rings is 1. The van der Waals surface area contributed by atoms with Crippen LogP contribution in [0.1, 0.15) is 11.1 Å². The molecule has 0 fully saturated rings. The number of benzene rings is 3. The number of hydrogen-bond acceptors (Lipinski definition) is 4. The number of halogens is 1. The number of nitrogens with one attached hydrogen (secondary N) is 2. The molecule has 166 valence electrons. The second kappa shape index (κ2) is 8.99. The van der Waals surface area contributed by atoms with Crippen molar-refractivity contribution in [2.45, 2.75) is 0 Å². The molecule has 0 atom stereocenters. The quantitative estimate of drug-likeness (QED) is 0.439. The molecule has 0 amide bonds. The minimum Gasteiger partial charge on any atom is -0.457 e. The fourth-order valence-electron chi connectivity index (χ4n) is 3.58. The molecule has 0 spiro atoms. The molecule has 5 rings (SSSR count). The van der Waals surface area contributed by atoms with Crippen molar-refractivity contribution in [2.75, 3.05) is 0 Å². The van der Waals surface area contributed by atoms with Crippen LogP contribution in [0.4, 0.5) is 4.39 Å². The van der Waals surface area contributed by atoms with Crippen LogP contribution >= 0.6 is 0 Å². The van der Waals surface area contributed by atoms with Crippen molar-refractivity contribution < 1.29 is 9.13 Å². The van der Waals surface area contributed by atoms with Gasteiger partial charge in [0.2, 0.25) is 0 Å².